The summed E-state index contributed by atoms with van der Waals surface area (Å²) in [7, 11) is 0. The third-order valence-corrected chi connectivity index (χ3v) is 3.44. The van der Waals surface area contributed by atoms with Crippen LogP contribution in [0.15, 0.2) is 30.3 Å². The number of hydrogen-bond acceptors (Lipinski definition) is 3. The first-order chi connectivity index (χ1) is 7.75. The number of rotatable bonds is 1. The van der Waals surface area contributed by atoms with Crippen LogP contribution in [-0.2, 0) is 14.3 Å². The van der Waals surface area contributed by atoms with Crippen LogP contribution in [0.1, 0.15) is 24.8 Å². The fourth-order valence-electron chi connectivity index (χ4n) is 2.75. The van der Waals surface area contributed by atoms with Crippen LogP contribution in [0.25, 0.3) is 0 Å². The third-order valence-electron chi connectivity index (χ3n) is 3.44. The van der Waals surface area contributed by atoms with Crippen molar-refractivity contribution in [2.24, 2.45) is 0 Å². The van der Waals surface area contributed by atoms with Crippen LogP contribution in [0.5, 0.6) is 0 Å². The highest BCUT2D eigenvalue weighted by Gasteiger charge is 2.50. The van der Waals surface area contributed by atoms with Gasteiger partial charge < -0.3 is 9.47 Å². The standard InChI is InChI=1S/C13H14O3/c1-8-12(9-5-3-2-4-6-9)13-10(15-8)7-11(14)16-13/h2-6,8,10,12-13H,7H2,1H3/t8?,10-,12-,13+/m1/s1. The zero-order valence-corrected chi connectivity index (χ0v) is 9.13. The fourth-order valence-corrected chi connectivity index (χ4v) is 2.75. The predicted molar refractivity (Wildman–Crippen MR) is 58.0 cm³/mol. The lowest BCUT2D eigenvalue weighted by molar-refractivity contribution is -0.142. The summed E-state index contributed by atoms with van der Waals surface area (Å²) in [5.74, 6) is 0.0421. The van der Waals surface area contributed by atoms with Gasteiger partial charge in [0, 0.05) is 5.92 Å². The Balaban J connectivity index is 1.92. The van der Waals surface area contributed by atoms with Gasteiger partial charge in [-0.2, -0.15) is 0 Å². The maximum atomic E-state index is 11.2. The van der Waals surface area contributed by atoms with E-state index in [1.54, 1.807) is 0 Å². The van der Waals surface area contributed by atoms with Crippen LogP contribution in [0.3, 0.4) is 0 Å². The molecule has 0 amide bonds. The molecule has 2 fully saturated rings. The summed E-state index contributed by atoms with van der Waals surface area (Å²) >= 11 is 0. The van der Waals surface area contributed by atoms with Gasteiger partial charge in [0.15, 0.2) is 0 Å². The number of carbonyl (C=O) groups excluding carboxylic acids is 1. The van der Waals surface area contributed by atoms with Crippen LogP contribution < -0.4 is 0 Å². The molecule has 1 aromatic rings. The first-order valence-electron chi connectivity index (χ1n) is 5.65. The molecule has 0 saturated carbocycles. The van der Waals surface area contributed by atoms with Crippen LogP contribution in [0.4, 0.5) is 0 Å². The number of benzene rings is 1. The zero-order valence-electron chi connectivity index (χ0n) is 9.13. The molecular formula is C13H14O3. The molecule has 0 bridgehead atoms. The minimum atomic E-state index is -0.136. The third kappa shape index (κ3) is 1.43. The van der Waals surface area contributed by atoms with Crippen molar-refractivity contribution in [3.8, 4) is 0 Å². The minimum Gasteiger partial charge on any atom is -0.459 e. The van der Waals surface area contributed by atoms with Crippen molar-refractivity contribution in [3.05, 3.63) is 35.9 Å². The molecule has 2 aliphatic heterocycles. The number of esters is 1. The normalized spacial score (nSPS) is 37.2. The Labute approximate surface area is 94.4 Å². The largest absolute Gasteiger partial charge is 0.459 e. The highest BCUT2D eigenvalue weighted by atomic mass is 16.6. The van der Waals surface area contributed by atoms with Gasteiger partial charge >= 0.3 is 5.97 Å². The van der Waals surface area contributed by atoms with Crippen molar-refractivity contribution < 1.29 is 14.3 Å². The van der Waals surface area contributed by atoms with E-state index in [1.807, 2.05) is 25.1 Å². The van der Waals surface area contributed by atoms with E-state index in [-0.39, 0.29) is 30.2 Å². The average Bonchev–Trinajstić information content (AvgIpc) is 2.74. The molecule has 2 heterocycles. The number of ether oxygens (including phenoxy) is 2. The molecule has 0 aliphatic carbocycles. The van der Waals surface area contributed by atoms with E-state index in [2.05, 4.69) is 12.1 Å². The van der Waals surface area contributed by atoms with Gasteiger partial charge in [-0.25, -0.2) is 0 Å². The average molecular weight is 218 g/mol. The lowest BCUT2D eigenvalue weighted by Crippen LogP contribution is -2.23. The van der Waals surface area contributed by atoms with Gasteiger partial charge in [0.1, 0.15) is 12.2 Å². The summed E-state index contributed by atoms with van der Waals surface area (Å²) in [6.07, 6.45) is 0.376. The smallest absolute Gasteiger partial charge is 0.308 e. The van der Waals surface area contributed by atoms with Gasteiger partial charge in [0.05, 0.1) is 12.5 Å². The molecule has 1 aromatic carbocycles. The lowest BCUT2D eigenvalue weighted by atomic mass is 9.89. The van der Waals surface area contributed by atoms with Crippen molar-refractivity contribution in [2.45, 2.75) is 37.6 Å². The maximum absolute atomic E-state index is 11.2. The van der Waals surface area contributed by atoms with Crippen molar-refractivity contribution in [3.63, 3.8) is 0 Å². The summed E-state index contributed by atoms with van der Waals surface area (Å²) in [4.78, 5) is 11.2. The molecule has 84 valence electrons. The Hall–Kier alpha value is -1.35. The second kappa shape index (κ2) is 3.59. The Morgan fingerprint density at radius 3 is 2.75 bits per heavy atom. The quantitative estimate of drug-likeness (QED) is 0.675. The first-order valence-corrected chi connectivity index (χ1v) is 5.65. The Kier molecular flexibility index (Phi) is 2.21. The van der Waals surface area contributed by atoms with Crippen LogP contribution in [0, 0.1) is 0 Å². The van der Waals surface area contributed by atoms with E-state index in [9.17, 15) is 4.79 Å². The predicted octanol–water partition coefficient (Wildman–Crippen LogP) is 1.87. The second-order valence-corrected chi connectivity index (χ2v) is 4.47. The van der Waals surface area contributed by atoms with Gasteiger partial charge in [0.25, 0.3) is 0 Å². The Bertz CT molecular complexity index is 401. The van der Waals surface area contributed by atoms with E-state index < -0.39 is 0 Å². The van der Waals surface area contributed by atoms with Crippen LogP contribution >= 0.6 is 0 Å². The molecule has 4 atom stereocenters. The van der Waals surface area contributed by atoms with Crippen molar-refractivity contribution >= 4 is 5.97 Å². The second-order valence-electron chi connectivity index (χ2n) is 4.47. The van der Waals surface area contributed by atoms with Crippen LogP contribution in [0.2, 0.25) is 0 Å². The van der Waals surface area contributed by atoms with Crippen molar-refractivity contribution in [1.82, 2.24) is 0 Å². The highest BCUT2D eigenvalue weighted by molar-refractivity contribution is 5.73. The molecule has 2 aliphatic rings. The van der Waals surface area contributed by atoms with Crippen molar-refractivity contribution in [2.75, 3.05) is 0 Å². The molecule has 0 N–H and O–H groups in total. The molecule has 3 rings (SSSR count). The maximum Gasteiger partial charge on any atom is 0.308 e. The zero-order chi connectivity index (χ0) is 11.1. The van der Waals surface area contributed by atoms with Gasteiger partial charge in [-0.15, -0.1) is 0 Å². The number of carbonyl (C=O) groups is 1. The fraction of sp³-hybridized carbons (Fsp3) is 0.462. The topological polar surface area (TPSA) is 35.5 Å². The molecule has 0 aromatic heterocycles. The van der Waals surface area contributed by atoms with Crippen molar-refractivity contribution in [1.29, 1.82) is 0 Å². The van der Waals surface area contributed by atoms with E-state index in [4.69, 9.17) is 9.47 Å². The molecular weight excluding hydrogens is 204 g/mol. The summed E-state index contributed by atoms with van der Waals surface area (Å²) in [6, 6.07) is 10.1. The monoisotopic (exact) mass is 218 g/mol. The molecule has 16 heavy (non-hydrogen) atoms. The summed E-state index contributed by atoms with van der Waals surface area (Å²) in [6.45, 7) is 2.05. The molecule has 3 nitrogen and oxygen atoms in total. The SMILES string of the molecule is CC1O[C@@H]2CC(=O)O[C@@H]2[C@H]1c1ccccc1. The van der Waals surface area contributed by atoms with E-state index in [1.165, 1.54) is 5.56 Å². The summed E-state index contributed by atoms with van der Waals surface area (Å²) < 4.78 is 11.1. The number of hydrogen-bond donors (Lipinski definition) is 0. The molecule has 0 spiro atoms. The lowest BCUT2D eigenvalue weighted by Gasteiger charge is -2.19. The molecule has 2 saturated heterocycles. The van der Waals surface area contributed by atoms with Gasteiger partial charge in [0.2, 0.25) is 0 Å². The van der Waals surface area contributed by atoms with E-state index in [0.717, 1.165) is 0 Å². The summed E-state index contributed by atoms with van der Waals surface area (Å²) in [5.41, 5.74) is 1.19. The van der Waals surface area contributed by atoms with Gasteiger partial charge in [-0.3, -0.25) is 4.79 Å². The van der Waals surface area contributed by atoms with E-state index in [0.29, 0.717) is 6.42 Å². The molecule has 1 unspecified atom stereocenters. The summed E-state index contributed by atoms with van der Waals surface area (Å²) in [5, 5.41) is 0. The molecule has 0 radical (unpaired) electrons. The number of fused-ring (bicyclic) bond motifs is 1. The van der Waals surface area contributed by atoms with Crippen LogP contribution in [-0.4, -0.2) is 24.3 Å². The van der Waals surface area contributed by atoms with Gasteiger partial charge in [-0.05, 0) is 12.5 Å². The molecule has 3 heteroatoms. The highest BCUT2D eigenvalue weighted by Crippen LogP contribution is 2.41. The minimum absolute atomic E-state index is 0.0484. The van der Waals surface area contributed by atoms with E-state index >= 15 is 0 Å². The Morgan fingerprint density at radius 1 is 1.25 bits per heavy atom. The first kappa shape index (κ1) is 9.85. The van der Waals surface area contributed by atoms with Gasteiger partial charge in [-0.1, -0.05) is 30.3 Å². The Morgan fingerprint density at radius 2 is 2.00 bits per heavy atom.